The lowest BCUT2D eigenvalue weighted by atomic mass is 10.1. The molecule has 7 heteroatoms. The zero-order chi connectivity index (χ0) is 14.7. The number of anilines is 1. The molecule has 0 aromatic carbocycles. The molecule has 1 fully saturated rings. The summed E-state index contributed by atoms with van der Waals surface area (Å²) in [6, 6.07) is 1.55. The third-order valence-electron chi connectivity index (χ3n) is 3.18. The number of aromatic nitrogens is 1. The molecule has 2 rings (SSSR count). The van der Waals surface area contributed by atoms with Crippen LogP contribution in [0.2, 0.25) is 0 Å². The van der Waals surface area contributed by atoms with Gasteiger partial charge in [0.1, 0.15) is 5.69 Å². The Hall–Kier alpha value is -1.63. The van der Waals surface area contributed by atoms with Crippen LogP contribution in [0.3, 0.4) is 0 Å². The largest absolute Gasteiger partial charge is 0.333 e. The van der Waals surface area contributed by atoms with Gasteiger partial charge in [-0.3, -0.25) is 14.4 Å². The first-order valence-electron chi connectivity index (χ1n) is 6.41. The molecule has 0 aliphatic carbocycles. The number of hydrogen-bond donors (Lipinski definition) is 1. The molecule has 1 aliphatic heterocycles. The third-order valence-corrected chi connectivity index (χ3v) is 3.61. The number of piperidine rings is 1. The topological polar surface area (TPSA) is 71.4 Å². The molecule has 1 aromatic heterocycles. The summed E-state index contributed by atoms with van der Waals surface area (Å²) in [5.74, 6) is -0.357. The first kappa shape index (κ1) is 14.8. The molecule has 1 saturated heterocycles. The molecule has 2 heterocycles. The number of nitrogens with one attached hydrogen (secondary N) is 1. The van der Waals surface area contributed by atoms with Crippen LogP contribution in [-0.2, 0) is 16.6 Å². The van der Waals surface area contributed by atoms with Gasteiger partial charge in [-0.1, -0.05) is 0 Å². The second-order valence-electron chi connectivity index (χ2n) is 4.81. The maximum atomic E-state index is 11.9. The van der Waals surface area contributed by atoms with Gasteiger partial charge in [-0.2, -0.15) is 0 Å². The van der Waals surface area contributed by atoms with Crippen molar-refractivity contribution in [3.63, 3.8) is 0 Å². The van der Waals surface area contributed by atoms with Gasteiger partial charge < -0.3 is 14.8 Å². The average molecular weight is 342 g/mol. The van der Waals surface area contributed by atoms with E-state index in [-0.39, 0.29) is 29.6 Å². The van der Waals surface area contributed by atoms with Crippen LogP contribution in [0.15, 0.2) is 21.5 Å². The summed E-state index contributed by atoms with van der Waals surface area (Å²) >= 11 is 3.27. The Labute approximate surface area is 124 Å². The molecule has 1 aliphatic rings. The van der Waals surface area contributed by atoms with Crippen molar-refractivity contribution in [1.82, 2.24) is 9.47 Å². The maximum absolute atomic E-state index is 11.9. The van der Waals surface area contributed by atoms with Crippen molar-refractivity contribution in [3.8, 4) is 0 Å². The Morgan fingerprint density at radius 2 is 2.15 bits per heavy atom. The first-order valence-corrected chi connectivity index (χ1v) is 7.20. The number of hydrogen-bond acceptors (Lipinski definition) is 3. The summed E-state index contributed by atoms with van der Waals surface area (Å²) in [7, 11) is 1.61. The van der Waals surface area contributed by atoms with E-state index in [1.165, 1.54) is 9.47 Å². The zero-order valence-electron chi connectivity index (χ0n) is 11.2. The predicted octanol–water partition coefficient (Wildman–Crippen LogP) is 1.10. The van der Waals surface area contributed by atoms with Crippen molar-refractivity contribution in [1.29, 1.82) is 0 Å². The average Bonchev–Trinajstić information content (AvgIpc) is 2.38. The summed E-state index contributed by atoms with van der Waals surface area (Å²) in [6.07, 6.45) is 3.90. The van der Waals surface area contributed by atoms with E-state index in [0.717, 1.165) is 12.8 Å². The van der Waals surface area contributed by atoms with E-state index >= 15 is 0 Å². The van der Waals surface area contributed by atoms with Crippen LogP contribution in [0.4, 0.5) is 5.69 Å². The Kier molecular flexibility index (Phi) is 4.59. The molecular weight excluding hydrogens is 326 g/mol. The van der Waals surface area contributed by atoms with Crippen LogP contribution >= 0.6 is 15.9 Å². The van der Waals surface area contributed by atoms with E-state index in [9.17, 15) is 14.4 Å². The fourth-order valence-corrected chi connectivity index (χ4v) is 2.69. The molecule has 0 radical (unpaired) electrons. The quantitative estimate of drug-likeness (QED) is 0.894. The van der Waals surface area contributed by atoms with Crippen molar-refractivity contribution in [2.45, 2.75) is 19.3 Å². The molecule has 0 spiro atoms. The Morgan fingerprint density at radius 3 is 2.85 bits per heavy atom. The summed E-state index contributed by atoms with van der Waals surface area (Å²) < 4.78 is 2.08. The van der Waals surface area contributed by atoms with Crippen LogP contribution in [0.25, 0.3) is 0 Å². The number of halogens is 1. The SMILES string of the molecule is Cn1cc(Br)cc(NC(=O)CN2CCCCC2=O)c1=O. The van der Waals surface area contributed by atoms with Gasteiger partial charge in [0.05, 0.1) is 6.54 Å². The number of aryl methyl sites for hydroxylation is 1. The number of nitrogens with zero attached hydrogens (tertiary/aromatic N) is 2. The molecule has 1 N–H and O–H groups in total. The van der Waals surface area contributed by atoms with E-state index in [0.29, 0.717) is 17.4 Å². The lowest BCUT2D eigenvalue weighted by Crippen LogP contribution is -2.41. The molecule has 0 atom stereocenters. The number of pyridine rings is 1. The standard InChI is InChI=1S/C13H16BrN3O3/c1-16-7-9(14)6-10(13(16)20)15-11(18)8-17-5-3-2-4-12(17)19/h6-7H,2-5,8H2,1H3,(H,15,18). The second-order valence-corrected chi connectivity index (χ2v) is 5.72. The van der Waals surface area contributed by atoms with E-state index in [2.05, 4.69) is 21.2 Å². The molecule has 0 unspecified atom stereocenters. The van der Waals surface area contributed by atoms with Gasteiger partial charge in [0, 0.05) is 30.7 Å². The third kappa shape index (κ3) is 3.47. The number of carbonyl (C=O) groups is 2. The fourth-order valence-electron chi connectivity index (χ4n) is 2.15. The predicted molar refractivity (Wildman–Crippen MR) is 78.4 cm³/mol. The van der Waals surface area contributed by atoms with Crippen LogP contribution < -0.4 is 10.9 Å². The Morgan fingerprint density at radius 1 is 1.40 bits per heavy atom. The van der Waals surface area contributed by atoms with Gasteiger partial charge in [-0.25, -0.2) is 0 Å². The summed E-state index contributed by atoms with van der Waals surface area (Å²) in [5.41, 5.74) is -0.0807. The number of rotatable bonds is 3. The first-order chi connectivity index (χ1) is 9.47. The molecule has 1 aromatic rings. The van der Waals surface area contributed by atoms with Crippen LogP contribution in [-0.4, -0.2) is 34.4 Å². The highest BCUT2D eigenvalue weighted by atomic mass is 79.9. The van der Waals surface area contributed by atoms with Crippen LogP contribution in [0.1, 0.15) is 19.3 Å². The zero-order valence-corrected chi connectivity index (χ0v) is 12.8. The van der Waals surface area contributed by atoms with Crippen molar-refractivity contribution in [2.75, 3.05) is 18.4 Å². The van der Waals surface area contributed by atoms with Crippen molar-refractivity contribution < 1.29 is 9.59 Å². The summed E-state index contributed by atoms with van der Waals surface area (Å²) in [5, 5.41) is 2.56. The fraction of sp³-hybridized carbons (Fsp3) is 0.462. The smallest absolute Gasteiger partial charge is 0.274 e. The molecular formula is C13H16BrN3O3. The van der Waals surface area contributed by atoms with Crippen molar-refractivity contribution in [2.24, 2.45) is 7.05 Å². The number of amides is 2. The molecule has 0 saturated carbocycles. The number of likely N-dealkylation sites (tertiary alicyclic amines) is 1. The summed E-state index contributed by atoms with van der Waals surface area (Å²) in [4.78, 5) is 37.0. The molecule has 0 bridgehead atoms. The maximum Gasteiger partial charge on any atom is 0.274 e. The van der Waals surface area contributed by atoms with Gasteiger partial charge in [0.25, 0.3) is 5.56 Å². The highest BCUT2D eigenvalue weighted by Crippen LogP contribution is 2.13. The van der Waals surface area contributed by atoms with E-state index in [1.54, 1.807) is 19.3 Å². The lowest BCUT2D eigenvalue weighted by molar-refractivity contribution is -0.136. The lowest BCUT2D eigenvalue weighted by Gasteiger charge is -2.25. The monoisotopic (exact) mass is 341 g/mol. The molecule has 108 valence electrons. The highest BCUT2D eigenvalue weighted by Gasteiger charge is 2.20. The van der Waals surface area contributed by atoms with Gasteiger partial charge in [-0.05, 0) is 34.8 Å². The van der Waals surface area contributed by atoms with Gasteiger partial charge in [-0.15, -0.1) is 0 Å². The number of carbonyl (C=O) groups excluding carboxylic acids is 2. The normalized spacial score (nSPS) is 15.3. The van der Waals surface area contributed by atoms with Gasteiger partial charge in [0.15, 0.2) is 0 Å². The molecule has 2 amide bonds. The molecule has 20 heavy (non-hydrogen) atoms. The van der Waals surface area contributed by atoms with E-state index in [1.807, 2.05) is 0 Å². The van der Waals surface area contributed by atoms with Gasteiger partial charge >= 0.3 is 0 Å². The van der Waals surface area contributed by atoms with Gasteiger partial charge in [0.2, 0.25) is 11.8 Å². The van der Waals surface area contributed by atoms with E-state index in [4.69, 9.17) is 0 Å². The Balaban J connectivity index is 2.05. The minimum Gasteiger partial charge on any atom is -0.333 e. The van der Waals surface area contributed by atoms with Crippen molar-refractivity contribution in [3.05, 3.63) is 27.1 Å². The minimum absolute atomic E-state index is 0.00546. The van der Waals surface area contributed by atoms with Crippen LogP contribution in [0, 0.1) is 0 Å². The molecule has 6 nitrogen and oxygen atoms in total. The highest BCUT2D eigenvalue weighted by molar-refractivity contribution is 9.10. The van der Waals surface area contributed by atoms with Crippen molar-refractivity contribution >= 4 is 33.4 Å². The minimum atomic E-state index is -0.351. The second kappa shape index (κ2) is 6.21. The summed E-state index contributed by atoms with van der Waals surface area (Å²) in [6.45, 7) is 0.594. The van der Waals surface area contributed by atoms with Crippen LogP contribution in [0.5, 0.6) is 0 Å². The van der Waals surface area contributed by atoms with E-state index < -0.39 is 0 Å². The Bertz CT molecular complexity index is 597.